The Morgan fingerprint density at radius 1 is 1.10 bits per heavy atom. The third-order valence-electron chi connectivity index (χ3n) is 2.39. The van der Waals surface area contributed by atoms with Crippen LogP contribution < -0.4 is 4.74 Å². The van der Waals surface area contributed by atoms with Gasteiger partial charge in [-0.2, -0.15) is 0 Å². The summed E-state index contributed by atoms with van der Waals surface area (Å²) >= 11 is 5.82. The van der Waals surface area contributed by atoms with Crippen molar-refractivity contribution in [1.29, 1.82) is 0 Å². The molecule has 0 radical (unpaired) electrons. The Morgan fingerprint density at radius 2 is 1.90 bits per heavy atom. The Hall–Kier alpha value is -2.07. The first-order chi connectivity index (χ1) is 9.74. The van der Waals surface area contributed by atoms with E-state index in [0.717, 1.165) is 5.56 Å². The molecule has 0 aliphatic rings. The van der Waals surface area contributed by atoms with E-state index in [1.165, 1.54) is 18.3 Å². The summed E-state index contributed by atoms with van der Waals surface area (Å²) in [6, 6.07) is 13.1. The number of hydrogen-bond acceptors (Lipinski definition) is 3. The van der Waals surface area contributed by atoms with E-state index in [0.29, 0.717) is 24.0 Å². The zero-order chi connectivity index (χ0) is 14.2. The molecule has 0 heterocycles. The van der Waals surface area contributed by atoms with Gasteiger partial charge in [0.15, 0.2) is 6.61 Å². The zero-order valence-corrected chi connectivity index (χ0v) is 11.4. The minimum Gasteiger partial charge on any atom is -0.490 e. The smallest absolute Gasteiger partial charge is 0.151 e. The zero-order valence-electron chi connectivity index (χ0n) is 10.6. The van der Waals surface area contributed by atoms with Crippen LogP contribution in [0.25, 0.3) is 0 Å². The van der Waals surface area contributed by atoms with Crippen LogP contribution in [-0.2, 0) is 4.84 Å². The molecular formula is C15H13ClFNO2. The monoisotopic (exact) mass is 293 g/mol. The minimum absolute atomic E-state index is 0.280. The van der Waals surface area contributed by atoms with Gasteiger partial charge in [-0.3, -0.25) is 0 Å². The molecule has 20 heavy (non-hydrogen) atoms. The van der Waals surface area contributed by atoms with Gasteiger partial charge in [-0.05, 0) is 35.9 Å². The van der Waals surface area contributed by atoms with E-state index in [-0.39, 0.29) is 5.82 Å². The van der Waals surface area contributed by atoms with Gasteiger partial charge in [-0.25, -0.2) is 4.39 Å². The summed E-state index contributed by atoms with van der Waals surface area (Å²) in [5, 5.41) is 4.39. The standard InChI is InChI=1S/C15H13ClFNO2/c16-13-2-1-3-15(10-13)19-8-9-20-18-11-12-4-6-14(17)7-5-12/h1-7,10-11H,8-9H2. The summed E-state index contributed by atoms with van der Waals surface area (Å²) in [5.74, 6) is 0.404. The molecule has 3 nitrogen and oxygen atoms in total. The summed E-state index contributed by atoms with van der Waals surface area (Å²) in [4.78, 5) is 5.04. The quantitative estimate of drug-likeness (QED) is 0.459. The fourth-order valence-electron chi connectivity index (χ4n) is 1.45. The van der Waals surface area contributed by atoms with E-state index in [9.17, 15) is 4.39 Å². The van der Waals surface area contributed by atoms with Crippen LogP contribution in [0.3, 0.4) is 0 Å². The number of benzene rings is 2. The molecule has 2 aromatic rings. The molecule has 0 fully saturated rings. The number of hydrogen-bond donors (Lipinski definition) is 0. The van der Waals surface area contributed by atoms with Crippen molar-refractivity contribution in [3.63, 3.8) is 0 Å². The van der Waals surface area contributed by atoms with Gasteiger partial charge in [0.05, 0.1) is 6.21 Å². The Labute approximate surface area is 121 Å². The molecule has 0 unspecified atom stereocenters. The average Bonchev–Trinajstić information content (AvgIpc) is 2.45. The lowest BCUT2D eigenvalue weighted by atomic mass is 10.2. The number of ether oxygens (including phenoxy) is 1. The van der Waals surface area contributed by atoms with Crippen LogP contribution in [0.5, 0.6) is 5.75 Å². The number of oxime groups is 1. The van der Waals surface area contributed by atoms with Crippen molar-refractivity contribution in [1.82, 2.24) is 0 Å². The molecule has 0 spiro atoms. The minimum atomic E-state index is -0.280. The molecule has 0 saturated heterocycles. The Kier molecular flexibility index (Phi) is 5.38. The van der Waals surface area contributed by atoms with Gasteiger partial charge in [0.25, 0.3) is 0 Å². The van der Waals surface area contributed by atoms with Crippen LogP contribution >= 0.6 is 11.6 Å². The second-order valence-electron chi connectivity index (χ2n) is 3.93. The van der Waals surface area contributed by atoms with Crippen molar-refractivity contribution >= 4 is 17.8 Å². The highest BCUT2D eigenvalue weighted by atomic mass is 35.5. The molecule has 0 aromatic heterocycles. The predicted octanol–water partition coefficient (Wildman–Crippen LogP) is 3.91. The van der Waals surface area contributed by atoms with E-state index in [1.54, 1.807) is 24.3 Å². The first-order valence-corrected chi connectivity index (χ1v) is 6.41. The fourth-order valence-corrected chi connectivity index (χ4v) is 1.63. The van der Waals surface area contributed by atoms with Crippen LogP contribution in [0, 0.1) is 5.82 Å². The molecule has 5 heteroatoms. The lowest BCUT2D eigenvalue weighted by Crippen LogP contribution is -2.04. The van der Waals surface area contributed by atoms with Gasteiger partial charge in [0.2, 0.25) is 0 Å². The van der Waals surface area contributed by atoms with Gasteiger partial charge in [-0.1, -0.05) is 35.0 Å². The molecular weight excluding hydrogens is 281 g/mol. The number of halogens is 2. The van der Waals surface area contributed by atoms with Gasteiger partial charge in [-0.15, -0.1) is 0 Å². The van der Waals surface area contributed by atoms with Crippen molar-refractivity contribution < 1.29 is 14.0 Å². The summed E-state index contributed by atoms with van der Waals surface area (Å²) in [5.41, 5.74) is 0.766. The Balaban J connectivity index is 1.67. The largest absolute Gasteiger partial charge is 0.490 e. The van der Waals surface area contributed by atoms with Gasteiger partial charge in [0.1, 0.15) is 18.2 Å². The topological polar surface area (TPSA) is 30.8 Å². The van der Waals surface area contributed by atoms with Crippen molar-refractivity contribution in [2.24, 2.45) is 5.16 Å². The molecule has 0 N–H and O–H groups in total. The van der Waals surface area contributed by atoms with Gasteiger partial charge >= 0.3 is 0 Å². The SMILES string of the molecule is Fc1ccc(C=NOCCOc2cccc(Cl)c2)cc1. The highest BCUT2D eigenvalue weighted by molar-refractivity contribution is 6.30. The average molecular weight is 294 g/mol. The second kappa shape index (κ2) is 7.50. The van der Waals surface area contributed by atoms with E-state index < -0.39 is 0 Å². The molecule has 0 saturated carbocycles. The van der Waals surface area contributed by atoms with Crippen molar-refractivity contribution in [2.45, 2.75) is 0 Å². The van der Waals surface area contributed by atoms with Crippen LogP contribution in [0.1, 0.15) is 5.56 Å². The van der Waals surface area contributed by atoms with Crippen LogP contribution in [0.4, 0.5) is 4.39 Å². The molecule has 0 aliphatic heterocycles. The molecule has 0 amide bonds. The van der Waals surface area contributed by atoms with Crippen LogP contribution in [0.15, 0.2) is 53.7 Å². The Morgan fingerprint density at radius 3 is 2.65 bits per heavy atom. The highest BCUT2D eigenvalue weighted by Gasteiger charge is 1.95. The summed E-state index contributed by atoms with van der Waals surface area (Å²) < 4.78 is 18.1. The second-order valence-corrected chi connectivity index (χ2v) is 4.36. The lowest BCUT2D eigenvalue weighted by Gasteiger charge is -2.05. The maximum absolute atomic E-state index is 12.7. The third kappa shape index (κ3) is 4.90. The normalized spacial score (nSPS) is 10.7. The number of rotatable bonds is 6. The third-order valence-corrected chi connectivity index (χ3v) is 2.62. The van der Waals surface area contributed by atoms with Crippen molar-refractivity contribution in [3.05, 3.63) is 64.9 Å². The van der Waals surface area contributed by atoms with E-state index in [4.69, 9.17) is 21.2 Å². The maximum Gasteiger partial charge on any atom is 0.151 e. The molecule has 0 bridgehead atoms. The summed E-state index contributed by atoms with van der Waals surface area (Å²) in [6.07, 6.45) is 1.51. The molecule has 104 valence electrons. The summed E-state index contributed by atoms with van der Waals surface area (Å²) in [6.45, 7) is 0.672. The fraction of sp³-hybridized carbons (Fsp3) is 0.133. The maximum atomic E-state index is 12.7. The highest BCUT2D eigenvalue weighted by Crippen LogP contribution is 2.16. The van der Waals surface area contributed by atoms with Crippen molar-refractivity contribution in [3.8, 4) is 5.75 Å². The Bertz CT molecular complexity index is 572. The molecule has 2 aromatic carbocycles. The van der Waals surface area contributed by atoms with Gasteiger partial charge in [0, 0.05) is 5.02 Å². The first-order valence-electron chi connectivity index (χ1n) is 6.03. The molecule has 2 rings (SSSR count). The predicted molar refractivity (Wildman–Crippen MR) is 76.9 cm³/mol. The summed E-state index contributed by atoms with van der Waals surface area (Å²) in [7, 11) is 0. The van der Waals surface area contributed by atoms with Crippen LogP contribution in [0.2, 0.25) is 5.02 Å². The number of nitrogens with zero attached hydrogens (tertiary/aromatic N) is 1. The van der Waals surface area contributed by atoms with Crippen LogP contribution in [-0.4, -0.2) is 19.4 Å². The lowest BCUT2D eigenvalue weighted by molar-refractivity contribution is 0.108. The van der Waals surface area contributed by atoms with E-state index in [1.807, 2.05) is 12.1 Å². The molecule has 0 atom stereocenters. The van der Waals surface area contributed by atoms with E-state index in [2.05, 4.69) is 5.16 Å². The van der Waals surface area contributed by atoms with E-state index >= 15 is 0 Å². The van der Waals surface area contributed by atoms with Gasteiger partial charge < -0.3 is 9.57 Å². The molecule has 0 aliphatic carbocycles. The first kappa shape index (κ1) is 14.3. The van der Waals surface area contributed by atoms with Crippen molar-refractivity contribution in [2.75, 3.05) is 13.2 Å².